The number of carbonyl (C=O) groups excluding carboxylic acids is 1. The van der Waals surface area contributed by atoms with Gasteiger partial charge < -0.3 is 20.0 Å². The highest BCUT2D eigenvalue weighted by atomic mass is 19.1. The predicted molar refractivity (Wildman–Crippen MR) is 120 cm³/mol. The van der Waals surface area contributed by atoms with Crippen LogP contribution in [-0.2, 0) is 11.3 Å². The van der Waals surface area contributed by atoms with Crippen molar-refractivity contribution in [3.8, 4) is 0 Å². The van der Waals surface area contributed by atoms with Crippen molar-refractivity contribution in [2.24, 2.45) is 0 Å². The topological polar surface area (TPSA) is 91.7 Å². The Kier molecular flexibility index (Phi) is 5.42. The van der Waals surface area contributed by atoms with Crippen molar-refractivity contribution in [1.29, 1.82) is 0 Å². The number of nitrogens with two attached hydrogens (primary N) is 1. The van der Waals surface area contributed by atoms with Gasteiger partial charge in [0.25, 0.3) is 11.9 Å². The number of piperazine rings is 1. The summed E-state index contributed by atoms with van der Waals surface area (Å²) in [5, 5.41) is 0. The van der Waals surface area contributed by atoms with E-state index in [1.54, 1.807) is 11.1 Å². The second-order valence-electron chi connectivity index (χ2n) is 8.57. The molecular weight excluding hydrogens is 411 g/mol. The van der Waals surface area contributed by atoms with E-state index in [1.165, 1.54) is 0 Å². The number of rotatable bonds is 4. The van der Waals surface area contributed by atoms with E-state index in [2.05, 4.69) is 14.9 Å². The molecule has 4 heterocycles. The largest absolute Gasteiger partial charge is 0.423 e. The van der Waals surface area contributed by atoms with Gasteiger partial charge in [-0.1, -0.05) is 12.1 Å². The van der Waals surface area contributed by atoms with Gasteiger partial charge in [0.2, 0.25) is 0 Å². The molecule has 0 bridgehead atoms. The van der Waals surface area contributed by atoms with Gasteiger partial charge in [-0.3, -0.25) is 9.69 Å². The van der Waals surface area contributed by atoms with Crippen LogP contribution in [0.3, 0.4) is 0 Å². The molecular formula is C23H27FN6O2. The number of aromatic nitrogens is 2. The molecule has 9 heteroatoms. The van der Waals surface area contributed by atoms with E-state index in [4.69, 9.17) is 10.2 Å². The molecule has 0 atom stereocenters. The molecule has 1 aromatic carbocycles. The second kappa shape index (κ2) is 8.38. The Morgan fingerprint density at radius 2 is 1.84 bits per heavy atom. The highest BCUT2D eigenvalue weighted by Gasteiger charge is 2.44. The average Bonchev–Trinajstić information content (AvgIpc) is 3.25. The first kappa shape index (κ1) is 20.7. The molecule has 3 aromatic rings. The van der Waals surface area contributed by atoms with E-state index >= 15 is 4.39 Å². The molecule has 8 nitrogen and oxygen atoms in total. The van der Waals surface area contributed by atoms with E-state index in [1.807, 2.05) is 41.3 Å². The number of hydrogen-bond donors (Lipinski definition) is 1. The van der Waals surface area contributed by atoms with Gasteiger partial charge in [0, 0.05) is 64.9 Å². The standard InChI is InChI=1S/C23H27FN6O2/c24-23(6-9-28(10-7-23)16-17-5-8-26-20(25)15-17)21(31)29-11-13-30(14-12-29)22-27-18-3-1-2-4-19(18)32-22/h1-5,8,15H,6-7,9-14,16H2,(H2,25,26). The molecule has 5 rings (SSSR count). The summed E-state index contributed by atoms with van der Waals surface area (Å²) in [6.07, 6.45) is 2.09. The van der Waals surface area contributed by atoms with Gasteiger partial charge in [-0.25, -0.2) is 9.37 Å². The number of likely N-dealkylation sites (tertiary alicyclic amines) is 1. The van der Waals surface area contributed by atoms with Crippen molar-refractivity contribution in [2.75, 3.05) is 49.9 Å². The third kappa shape index (κ3) is 4.12. The van der Waals surface area contributed by atoms with Crippen molar-refractivity contribution >= 4 is 28.8 Å². The minimum atomic E-state index is -1.80. The summed E-state index contributed by atoms with van der Waals surface area (Å²) in [6.45, 7) is 3.82. The Labute approximate surface area is 185 Å². The third-order valence-electron chi connectivity index (χ3n) is 6.40. The van der Waals surface area contributed by atoms with Crippen LogP contribution < -0.4 is 10.6 Å². The van der Waals surface area contributed by atoms with Crippen molar-refractivity contribution in [3.63, 3.8) is 0 Å². The number of hydrogen-bond acceptors (Lipinski definition) is 7. The van der Waals surface area contributed by atoms with E-state index in [9.17, 15) is 4.79 Å². The molecule has 2 aliphatic rings. The number of anilines is 2. The van der Waals surface area contributed by atoms with Crippen LogP contribution >= 0.6 is 0 Å². The monoisotopic (exact) mass is 438 g/mol. The zero-order chi connectivity index (χ0) is 22.1. The van der Waals surface area contributed by atoms with Crippen LogP contribution in [0, 0.1) is 0 Å². The first-order valence-corrected chi connectivity index (χ1v) is 11.0. The first-order valence-electron chi connectivity index (χ1n) is 11.0. The zero-order valence-corrected chi connectivity index (χ0v) is 17.9. The SMILES string of the molecule is Nc1cc(CN2CCC(F)(C(=O)N3CCN(c4nc5ccccc5o4)CC3)CC2)ccn1. The fraction of sp³-hybridized carbons (Fsp3) is 0.435. The lowest BCUT2D eigenvalue weighted by molar-refractivity contribution is -0.147. The van der Waals surface area contributed by atoms with E-state index < -0.39 is 5.67 Å². The number of alkyl halides is 1. The van der Waals surface area contributed by atoms with Gasteiger partial charge in [0.15, 0.2) is 11.3 Å². The molecule has 2 aromatic heterocycles. The lowest BCUT2D eigenvalue weighted by atomic mass is 9.91. The molecule has 168 valence electrons. The lowest BCUT2D eigenvalue weighted by Gasteiger charge is -2.40. The second-order valence-corrected chi connectivity index (χ2v) is 8.57. The van der Waals surface area contributed by atoms with Crippen molar-refractivity contribution in [1.82, 2.24) is 19.8 Å². The van der Waals surface area contributed by atoms with Crippen molar-refractivity contribution in [3.05, 3.63) is 48.2 Å². The molecule has 0 unspecified atom stereocenters. The normalized spacial score (nSPS) is 19.4. The fourth-order valence-electron chi connectivity index (χ4n) is 4.51. The summed E-state index contributed by atoms with van der Waals surface area (Å²) in [6, 6.07) is 11.9. The maximum Gasteiger partial charge on any atom is 0.298 e. The van der Waals surface area contributed by atoms with Gasteiger partial charge in [-0.2, -0.15) is 4.98 Å². The summed E-state index contributed by atoms with van der Waals surface area (Å²) in [7, 11) is 0. The molecule has 0 spiro atoms. The molecule has 2 N–H and O–H groups in total. The Morgan fingerprint density at radius 1 is 1.09 bits per heavy atom. The predicted octanol–water partition coefficient (Wildman–Crippen LogP) is 2.46. The lowest BCUT2D eigenvalue weighted by Crippen LogP contribution is -2.57. The number of piperidine rings is 1. The number of nitrogen functional groups attached to an aromatic ring is 1. The maximum absolute atomic E-state index is 15.6. The number of nitrogens with zero attached hydrogens (tertiary/aromatic N) is 5. The molecule has 0 saturated carbocycles. The van der Waals surface area contributed by atoms with Crippen LogP contribution in [0.5, 0.6) is 0 Å². The van der Waals surface area contributed by atoms with E-state index in [0.717, 1.165) is 16.7 Å². The number of para-hydroxylation sites is 2. The van der Waals surface area contributed by atoms with E-state index in [0.29, 0.717) is 57.6 Å². The van der Waals surface area contributed by atoms with Crippen LogP contribution in [0.1, 0.15) is 18.4 Å². The van der Waals surface area contributed by atoms with Crippen LogP contribution in [0.25, 0.3) is 11.1 Å². The fourth-order valence-corrected chi connectivity index (χ4v) is 4.51. The Hall–Kier alpha value is -3.20. The summed E-state index contributed by atoms with van der Waals surface area (Å²) in [4.78, 5) is 27.4. The Balaban J connectivity index is 1.15. The number of carbonyl (C=O) groups is 1. The van der Waals surface area contributed by atoms with E-state index in [-0.39, 0.29) is 18.7 Å². The van der Waals surface area contributed by atoms with Crippen LogP contribution in [0.15, 0.2) is 47.0 Å². The number of amides is 1. The average molecular weight is 439 g/mol. The van der Waals surface area contributed by atoms with Crippen LogP contribution in [0.2, 0.25) is 0 Å². The minimum Gasteiger partial charge on any atom is -0.423 e. The van der Waals surface area contributed by atoms with Gasteiger partial charge in [-0.05, 0) is 29.8 Å². The van der Waals surface area contributed by atoms with Crippen molar-refractivity contribution in [2.45, 2.75) is 25.1 Å². The molecule has 2 fully saturated rings. The zero-order valence-electron chi connectivity index (χ0n) is 17.9. The number of pyridine rings is 1. The van der Waals surface area contributed by atoms with Crippen molar-refractivity contribution < 1.29 is 13.6 Å². The first-order chi connectivity index (χ1) is 15.5. The van der Waals surface area contributed by atoms with Gasteiger partial charge >= 0.3 is 0 Å². The highest BCUT2D eigenvalue weighted by Crippen LogP contribution is 2.31. The summed E-state index contributed by atoms with van der Waals surface area (Å²) < 4.78 is 21.4. The molecule has 2 saturated heterocycles. The van der Waals surface area contributed by atoms with Gasteiger partial charge in [-0.15, -0.1) is 0 Å². The number of fused-ring (bicyclic) bond motifs is 1. The quantitative estimate of drug-likeness (QED) is 0.669. The van der Waals surface area contributed by atoms with Gasteiger partial charge in [0.1, 0.15) is 11.3 Å². The number of halogens is 1. The summed E-state index contributed by atoms with van der Waals surface area (Å²) in [5.74, 6) is 0.0917. The molecule has 1 amide bonds. The molecule has 0 aliphatic carbocycles. The smallest absolute Gasteiger partial charge is 0.298 e. The Morgan fingerprint density at radius 3 is 2.56 bits per heavy atom. The molecule has 2 aliphatic heterocycles. The third-order valence-corrected chi connectivity index (χ3v) is 6.40. The van der Waals surface area contributed by atoms with Crippen LogP contribution in [-0.4, -0.2) is 70.6 Å². The van der Waals surface area contributed by atoms with Gasteiger partial charge in [0.05, 0.1) is 0 Å². The summed E-state index contributed by atoms with van der Waals surface area (Å²) in [5.41, 5.74) is 6.54. The van der Waals surface area contributed by atoms with Crippen LogP contribution in [0.4, 0.5) is 16.2 Å². The number of oxazole rings is 1. The molecule has 0 radical (unpaired) electrons. The molecule has 32 heavy (non-hydrogen) atoms. The minimum absolute atomic E-state index is 0.206. The Bertz CT molecular complexity index is 1070. The number of benzene rings is 1. The summed E-state index contributed by atoms with van der Waals surface area (Å²) >= 11 is 0. The highest BCUT2D eigenvalue weighted by molar-refractivity contribution is 5.85. The maximum atomic E-state index is 15.6.